The molecule has 1 fully saturated rings. The third-order valence-corrected chi connectivity index (χ3v) is 5.15. The highest BCUT2D eigenvalue weighted by atomic mass is 35.5. The van der Waals surface area contributed by atoms with Crippen molar-refractivity contribution in [1.29, 1.82) is 0 Å². The molecule has 0 spiro atoms. The zero-order chi connectivity index (χ0) is 21.0. The molecule has 0 atom stereocenters. The molecule has 10 heteroatoms. The molecule has 3 N–H and O–H groups in total. The van der Waals surface area contributed by atoms with Crippen molar-refractivity contribution in [3.63, 3.8) is 0 Å². The summed E-state index contributed by atoms with van der Waals surface area (Å²) in [5.41, 5.74) is 0.288. The van der Waals surface area contributed by atoms with Crippen molar-refractivity contribution >= 4 is 35.0 Å². The number of hydrogen-bond acceptors (Lipinski definition) is 5. The highest BCUT2D eigenvalue weighted by Gasteiger charge is 2.29. The average molecular weight is 423 g/mol. The van der Waals surface area contributed by atoms with Crippen LogP contribution < -0.4 is 16.0 Å². The van der Waals surface area contributed by atoms with Gasteiger partial charge in [0, 0.05) is 19.0 Å². The van der Waals surface area contributed by atoms with Crippen LogP contribution in [0.5, 0.6) is 0 Å². The molecule has 8 nitrogen and oxygen atoms in total. The Morgan fingerprint density at radius 1 is 1.17 bits per heavy atom. The van der Waals surface area contributed by atoms with E-state index in [-0.39, 0.29) is 34.3 Å². The average Bonchev–Trinajstić information content (AvgIpc) is 3.20. The first kappa shape index (κ1) is 20.8. The van der Waals surface area contributed by atoms with E-state index >= 15 is 0 Å². The van der Waals surface area contributed by atoms with Crippen LogP contribution in [-0.4, -0.2) is 35.8 Å². The van der Waals surface area contributed by atoms with Gasteiger partial charge in [0.2, 0.25) is 11.7 Å². The molecule has 0 radical (unpaired) electrons. The highest BCUT2D eigenvalue weighted by molar-refractivity contribution is 6.33. The fraction of sp³-hybridized carbons (Fsp3) is 0.368. The molecule has 0 bridgehead atoms. The Labute approximate surface area is 171 Å². The topological polar surface area (TPSA) is 113 Å². The van der Waals surface area contributed by atoms with Gasteiger partial charge in [-0.15, -0.1) is 0 Å². The minimum atomic E-state index is -0.535. The van der Waals surface area contributed by atoms with E-state index in [4.69, 9.17) is 16.0 Å². The van der Waals surface area contributed by atoms with Crippen molar-refractivity contribution in [1.82, 2.24) is 15.6 Å². The quantitative estimate of drug-likeness (QED) is 0.685. The van der Waals surface area contributed by atoms with Gasteiger partial charge in [0.15, 0.2) is 12.1 Å². The van der Waals surface area contributed by atoms with Crippen LogP contribution in [0.25, 0.3) is 0 Å². The monoisotopic (exact) mass is 422 g/mol. The van der Waals surface area contributed by atoms with Crippen LogP contribution >= 0.6 is 11.6 Å². The van der Waals surface area contributed by atoms with E-state index in [1.54, 1.807) is 0 Å². The van der Waals surface area contributed by atoms with Crippen LogP contribution in [0, 0.1) is 11.7 Å². The van der Waals surface area contributed by atoms with Crippen molar-refractivity contribution in [3.05, 3.63) is 46.9 Å². The number of nitrogens with one attached hydrogen (secondary N) is 3. The Morgan fingerprint density at radius 3 is 2.55 bits per heavy atom. The maximum Gasteiger partial charge on any atom is 0.289 e. The third-order valence-electron chi connectivity index (χ3n) is 4.84. The Bertz CT molecular complexity index is 925. The normalized spacial score (nSPS) is 18.7. The number of amides is 3. The Hall–Kier alpha value is -2.94. The summed E-state index contributed by atoms with van der Waals surface area (Å²) in [5.74, 6) is -2.08. The number of carbonyl (C=O) groups is 3. The number of carbonyl (C=O) groups excluding carboxylic acids is 3. The summed E-state index contributed by atoms with van der Waals surface area (Å²) in [6, 6.07) is 3.64. The summed E-state index contributed by atoms with van der Waals surface area (Å²) in [6.07, 6.45) is 3.36. The van der Waals surface area contributed by atoms with Crippen LogP contribution in [0.4, 0.5) is 10.1 Å². The summed E-state index contributed by atoms with van der Waals surface area (Å²) in [5, 5.41) is 8.07. The standard InChI is InChI=1S/C19H20ClFN4O4/c1-22-19(28)16-15(23-9-29-16)18(27)24-12-5-2-10(3-6-12)17(26)25-14-7-4-11(21)8-13(14)20/h4,7-10,12H,2-3,5-6H2,1H3,(H,22,28)(H,24,27)(H,25,26). The summed E-state index contributed by atoms with van der Waals surface area (Å²) < 4.78 is 18.1. The van der Waals surface area contributed by atoms with Gasteiger partial charge < -0.3 is 20.4 Å². The maximum atomic E-state index is 13.1. The summed E-state index contributed by atoms with van der Waals surface area (Å²) in [7, 11) is 1.43. The van der Waals surface area contributed by atoms with E-state index in [9.17, 15) is 18.8 Å². The number of aromatic nitrogens is 1. The van der Waals surface area contributed by atoms with Gasteiger partial charge in [0.05, 0.1) is 10.7 Å². The number of halogens is 2. The van der Waals surface area contributed by atoms with Crippen molar-refractivity contribution in [3.8, 4) is 0 Å². The lowest BCUT2D eigenvalue weighted by atomic mass is 9.85. The number of benzene rings is 1. The van der Waals surface area contributed by atoms with E-state index in [0.29, 0.717) is 31.4 Å². The third kappa shape index (κ3) is 4.92. The van der Waals surface area contributed by atoms with E-state index in [1.165, 1.54) is 19.2 Å². The predicted molar refractivity (Wildman–Crippen MR) is 103 cm³/mol. The minimum Gasteiger partial charge on any atom is -0.437 e. The zero-order valence-corrected chi connectivity index (χ0v) is 16.4. The number of rotatable bonds is 5. The zero-order valence-electron chi connectivity index (χ0n) is 15.6. The van der Waals surface area contributed by atoms with Crippen molar-refractivity contribution in [2.45, 2.75) is 31.7 Å². The van der Waals surface area contributed by atoms with Gasteiger partial charge in [-0.05, 0) is 43.9 Å². The fourth-order valence-corrected chi connectivity index (χ4v) is 3.48. The molecule has 154 valence electrons. The summed E-state index contributed by atoms with van der Waals surface area (Å²) in [6.45, 7) is 0. The maximum absolute atomic E-state index is 13.1. The number of nitrogens with zero attached hydrogens (tertiary/aromatic N) is 1. The van der Waals surface area contributed by atoms with Crippen LogP contribution in [-0.2, 0) is 4.79 Å². The Balaban J connectivity index is 1.52. The molecule has 1 heterocycles. The van der Waals surface area contributed by atoms with E-state index < -0.39 is 17.6 Å². The lowest BCUT2D eigenvalue weighted by Gasteiger charge is -2.28. The summed E-state index contributed by atoms with van der Waals surface area (Å²) in [4.78, 5) is 40.4. The van der Waals surface area contributed by atoms with Gasteiger partial charge in [0.1, 0.15) is 5.82 Å². The van der Waals surface area contributed by atoms with Crippen molar-refractivity contribution < 1.29 is 23.2 Å². The van der Waals surface area contributed by atoms with Gasteiger partial charge in [-0.3, -0.25) is 14.4 Å². The molecule has 3 amide bonds. The Morgan fingerprint density at radius 2 is 1.90 bits per heavy atom. The lowest BCUT2D eigenvalue weighted by Crippen LogP contribution is -2.40. The van der Waals surface area contributed by atoms with Crippen molar-refractivity contribution in [2.75, 3.05) is 12.4 Å². The first-order valence-corrected chi connectivity index (χ1v) is 9.49. The second kappa shape index (κ2) is 9.04. The number of anilines is 1. The van der Waals surface area contributed by atoms with Crippen LogP contribution in [0.2, 0.25) is 5.02 Å². The molecule has 1 aromatic carbocycles. The van der Waals surface area contributed by atoms with Crippen LogP contribution in [0.15, 0.2) is 29.0 Å². The molecular formula is C19H20ClFN4O4. The molecule has 0 aliphatic heterocycles. The van der Waals surface area contributed by atoms with Gasteiger partial charge in [-0.1, -0.05) is 11.6 Å². The molecule has 1 aliphatic rings. The second-order valence-electron chi connectivity index (χ2n) is 6.74. The molecule has 29 heavy (non-hydrogen) atoms. The molecule has 0 unspecified atom stereocenters. The molecule has 1 aliphatic carbocycles. The lowest BCUT2D eigenvalue weighted by molar-refractivity contribution is -0.120. The van der Waals surface area contributed by atoms with Gasteiger partial charge in [-0.25, -0.2) is 9.37 Å². The number of oxazole rings is 1. The summed E-state index contributed by atoms with van der Waals surface area (Å²) >= 11 is 5.94. The Kier molecular flexibility index (Phi) is 6.48. The van der Waals surface area contributed by atoms with Crippen molar-refractivity contribution in [2.24, 2.45) is 5.92 Å². The molecule has 3 rings (SSSR count). The van der Waals surface area contributed by atoms with E-state index in [0.717, 1.165) is 12.5 Å². The fourth-order valence-electron chi connectivity index (χ4n) is 3.26. The molecule has 1 aromatic heterocycles. The molecule has 0 saturated heterocycles. The molecule has 1 saturated carbocycles. The van der Waals surface area contributed by atoms with E-state index in [2.05, 4.69) is 20.9 Å². The van der Waals surface area contributed by atoms with Gasteiger partial charge in [-0.2, -0.15) is 0 Å². The first-order valence-electron chi connectivity index (χ1n) is 9.11. The van der Waals surface area contributed by atoms with Crippen LogP contribution in [0.3, 0.4) is 0 Å². The second-order valence-corrected chi connectivity index (χ2v) is 7.15. The van der Waals surface area contributed by atoms with Crippen LogP contribution in [0.1, 0.15) is 46.7 Å². The van der Waals surface area contributed by atoms with Gasteiger partial charge >= 0.3 is 0 Å². The number of hydrogen-bond donors (Lipinski definition) is 3. The molecular weight excluding hydrogens is 403 g/mol. The highest BCUT2D eigenvalue weighted by Crippen LogP contribution is 2.28. The van der Waals surface area contributed by atoms with Gasteiger partial charge in [0.25, 0.3) is 11.8 Å². The minimum absolute atomic E-state index is 0.0739. The first-order chi connectivity index (χ1) is 13.9. The largest absolute Gasteiger partial charge is 0.437 e. The smallest absolute Gasteiger partial charge is 0.289 e. The predicted octanol–water partition coefficient (Wildman–Crippen LogP) is 2.75. The van der Waals surface area contributed by atoms with E-state index in [1.807, 2.05) is 0 Å². The molecule has 2 aromatic rings. The SMILES string of the molecule is CNC(=O)c1ocnc1C(=O)NC1CCC(C(=O)Nc2ccc(F)cc2Cl)CC1.